The zero-order chi connectivity index (χ0) is 38.1. The highest BCUT2D eigenvalue weighted by Crippen LogP contribution is 2.52. The first kappa shape index (κ1) is 33.6. The van der Waals surface area contributed by atoms with E-state index in [4.69, 9.17) is 0 Å². The van der Waals surface area contributed by atoms with Gasteiger partial charge in [0.05, 0.1) is 5.69 Å². The van der Waals surface area contributed by atoms with Crippen molar-refractivity contribution >= 4 is 59.3 Å². The number of thiophene rings is 1. The highest BCUT2D eigenvalue weighted by molar-refractivity contribution is 7.25. The second kappa shape index (κ2) is 13.2. The van der Waals surface area contributed by atoms with Crippen LogP contribution in [0.2, 0.25) is 0 Å². The summed E-state index contributed by atoms with van der Waals surface area (Å²) in [5.74, 6) is 0. The van der Waals surface area contributed by atoms with E-state index in [-0.39, 0.29) is 5.41 Å². The molecule has 0 spiro atoms. The van der Waals surface area contributed by atoms with Crippen LogP contribution in [0.5, 0.6) is 0 Å². The summed E-state index contributed by atoms with van der Waals surface area (Å²) in [6, 6.07) is 73.9. The predicted octanol–water partition coefficient (Wildman–Crippen LogP) is 16.0. The third-order valence-electron chi connectivity index (χ3n) is 12.1. The van der Waals surface area contributed by atoms with Crippen molar-refractivity contribution in [2.45, 2.75) is 19.3 Å². The molecule has 1 aromatic heterocycles. The summed E-state index contributed by atoms with van der Waals surface area (Å²) in [6.45, 7) is 4.78. The fraction of sp³-hybridized carbons (Fsp3) is 0.0545. The van der Waals surface area contributed by atoms with E-state index in [0.29, 0.717) is 0 Å². The maximum Gasteiger partial charge on any atom is 0.0540 e. The number of anilines is 3. The lowest BCUT2D eigenvalue weighted by Gasteiger charge is -2.30. The number of benzene rings is 9. The zero-order valence-corrected chi connectivity index (χ0v) is 32.7. The molecular formula is C55H39NS. The molecule has 0 radical (unpaired) electrons. The van der Waals surface area contributed by atoms with Crippen LogP contribution in [0, 0.1) is 0 Å². The Hall–Kier alpha value is -6.74. The van der Waals surface area contributed by atoms with Gasteiger partial charge in [-0.15, -0.1) is 11.3 Å². The Balaban J connectivity index is 1.06. The van der Waals surface area contributed by atoms with Crippen LogP contribution in [0.1, 0.15) is 25.0 Å². The predicted molar refractivity (Wildman–Crippen MR) is 245 cm³/mol. The lowest BCUT2D eigenvalue weighted by Crippen LogP contribution is -2.17. The van der Waals surface area contributed by atoms with Gasteiger partial charge < -0.3 is 4.90 Å². The summed E-state index contributed by atoms with van der Waals surface area (Å²) in [7, 11) is 0. The molecule has 270 valence electrons. The van der Waals surface area contributed by atoms with Crippen molar-refractivity contribution in [3.63, 3.8) is 0 Å². The van der Waals surface area contributed by atoms with Crippen molar-refractivity contribution in [1.82, 2.24) is 0 Å². The maximum atomic E-state index is 2.46. The zero-order valence-electron chi connectivity index (χ0n) is 31.9. The maximum absolute atomic E-state index is 2.46. The smallest absolute Gasteiger partial charge is 0.0540 e. The highest BCUT2D eigenvalue weighted by Gasteiger charge is 2.36. The van der Waals surface area contributed by atoms with Crippen LogP contribution in [0.25, 0.3) is 75.5 Å². The number of nitrogens with zero attached hydrogens (tertiary/aromatic N) is 1. The average Bonchev–Trinajstić information content (AvgIpc) is 3.75. The van der Waals surface area contributed by atoms with Gasteiger partial charge in [-0.3, -0.25) is 0 Å². The van der Waals surface area contributed by atoms with Gasteiger partial charge in [0.2, 0.25) is 0 Å². The van der Waals surface area contributed by atoms with Gasteiger partial charge in [-0.1, -0.05) is 159 Å². The standard InChI is InChI=1S/C55H39NS/c1-55(2)50-34-40(44-23-13-17-36-16-6-7-20-43(36)44)26-29-46(50)47-30-28-42(35-51(47)55)56(52-24-10-8-21-45(52)37-14-4-3-5-15-37)41-19-12-18-38(32-41)39-27-31-54-49(33-39)48-22-9-11-25-53(48)57-54/h3-35H,1-2H3. The van der Waals surface area contributed by atoms with Gasteiger partial charge in [-0.2, -0.15) is 0 Å². The third-order valence-corrected chi connectivity index (χ3v) is 13.2. The normalized spacial score (nSPS) is 12.9. The molecule has 2 heteroatoms. The molecule has 0 atom stereocenters. The molecule has 0 saturated carbocycles. The minimum atomic E-state index is -0.202. The largest absolute Gasteiger partial charge is 0.310 e. The van der Waals surface area contributed by atoms with Crippen LogP contribution in [-0.2, 0) is 5.41 Å². The fourth-order valence-corrected chi connectivity index (χ4v) is 10.3. The molecular weight excluding hydrogens is 707 g/mol. The highest BCUT2D eigenvalue weighted by atomic mass is 32.1. The Morgan fingerprint density at radius 2 is 0.982 bits per heavy atom. The van der Waals surface area contributed by atoms with Gasteiger partial charge in [0.1, 0.15) is 0 Å². The van der Waals surface area contributed by atoms with Gasteiger partial charge >= 0.3 is 0 Å². The van der Waals surface area contributed by atoms with E-state index in [1.165, 1.54) is 86.6 Å². The first-order chi connectivity index (χ1) is 28.0. The summed E-state index contributed by atoms with van der Waals surface area (Å²) >= 11 is 1.86. The Morgan fingerprint density at radius 3 is 1.88 bits per heavy atom. The molecule has 9 aromatic carbocycles. The number of fused-ring (bicyclic) bond motifs is 7. The Bertz CT molecular complexity index is 3160. The van der Waals surface area contributed by atoms with Crippen LogP contribution in [0.3, 0.4) is 0 Å². The SMILES string of the molecule is CC1(C)c2cc(-c3cccc4ccccc34)ccc2-c2ccc(N(c3cccc(-c4ccc5sc6ccccc6c5c4)c3)c3ccccc3-c3ccccc3)cc21. The molecule has 10 aromatic rings. The van der Waals surface area contributed by atoms with Gasteiger partial charge in [0.15, 0.2) is 0 Å². The summed E-state index contributed by atoms with van der Waals surface area (Å²) in [6.07, 6.45) is 0. The van der Waals surface area contributed by atoms with Gasteiger partial charge in [0.25, 0.3) is 0 Å². The Kier molecular flexibility index (Phi) is 7.77. The van der Waals surface area contributed by atoms with Crippen molar-refractivity contribution in [3.05, 3.63) is 211 Å². The molecule has 1 nitrogen and oxygen atoms in total. The third kappa shape index (κ3) is 5.51. The van der Waals surface area contributed by atoms with Gasteiger partial charge in [0, 0.05) is 42.5 Å². The molecule has 0 saturated heterocycles. The van der Waals surface area contributed by atoms with Crippen molar-refractivity contribution in [2.24, 2.45) is 0 Å². The number of hydrogen-bond donors (Lipinski definition) is 0. The first-order valence-corrected chi connectivity index (χ1v) is 20.6. The summed E-state index contributed by atoms with van der Waals surface area (Å²) in [4.78, 5) is 2.46. The molecule has 1 heterocycles. The quantitative estimate of drug-likeness (QED) is 0.164. The second-order valence-corrected chi connectivity index (χ2v) is 16.8. The molecule has 0 unspecified atom stereocenters. The molecule has 0 bridgehead atoms. The van der Waals surface area contributed by atoms with E-state index >= 15 is 0 Å². The summed E-state index contributed by atoms with van der Waals surface area (Å²) in [5.41, 5.74) is 15.9. The summed E-state index contributed by atoms with van der Waals surface area (Å²) in [5, 5.41) is 5.19. The lowest BCUT2D eigenvalue weighted by molar-refractivity contribution is 0.660. The van der Waals surface area contributed by atoms with E-state index in [1.54, 1.807) is 0 Å². The second-order valence-electron chi connectivity index (χ2n) is 15.7. The molecule has 1 aliphatic carbocycles. The minimum Gasteiger partial charge on any atom is -0.310 e. The van der Waals surface area contributed by atoms with E-state index in [2.05, 4.69) is 219 Å². The van der Waals surface area contributed by atoms with Crippen LogP contribution in [0.15, 0.2) is 200 Å². The van der Waals surface area contributed by atoms with Gasteiger partial charge in [-0.05, 0) is 115 Å². The molecule has 0 aliphatic heterocycles. The van der Waals surface area contributed by atoms with E-state index in [1.807, 2.05) is 11.3 Å². The van der Waals surface area contributed by atoms with Crippen LogP contribution in [-0.4, -0.2) is 0 Å². The molecule has 0 amide bonds. The van der Waals surface area contributed by atoms with Crippen molar-refractivity contribution < 1.29 is 0 Å². The van der Waals surface area contributed by atoms with Gasteiger partial charge in [-0.25, -0.2) is 0 Å². The van der Waals surface area contributed by atoms with Crippen molar-refractivity contribution in [2.75, 3.05) is 4.90 Å². The van der Waals surface area contributed by atoms with E-state index < -0.39 is 0 Å². The number of para-hydroxylation sites is 1. The molecule has 57 heavy (non-hydrogen) atoms. The number of rotatable bonds is 6. The topological polar surface area (TPSA) is 3.24 Å². The van der Waals surface area contributed by atoms with Crippen LogP contribution < -0.4 is 4.90 Å². The number of hydrogen-bond acceptors (Lipinski definition) is 2. The van der Waals surface area contributed by atoms with E-state index in [0.717, 1.165) is 17.1 Å². The molecule has 11 rings (SSSR count). The Morgan fingerprint density at radius 1 is 0.368 bits per heavy atom. The molecule has 1 aliphatic rings. The monoisotopic (exact) mass is 745 g/mol. The van der Waals surface area contributed by atoms with Crippen LogP contribution in [0.4, 0.5) is 17.1 Å². The van der Waals surface area contributed by atoms with Crippen molar-refractivity contribution in [1.29, 1.82) is 0 Å². The molecule has 0 N–H and O–H groups in total. The molecule has 0 fully saturated rings. The van der Waals surface area contributed by atoms with Crippen LogP contribution >= 0.6 is 11.3 Å². The lowest BCUT2D eigenvalue weighted by atomic mass is 9.81. The Labute approximate surface area is 337 Å². The summed E-state index contributed by atoms with van der Waals surface area (Å²) < 4.78 is 2.65. The minimum absolute atomic E-state index is 0.202. The van der Waals surface area contributed by atoms with Crippen molar-refractivity contribution in [3.8, 4) is 44.5 Å². The first-order valence-electron chi connectivity index (χ1n) is 19.8. The average molecular weight is 746 g/mol. The fourth-order valence-electron chi connectivity index (χ4n) is 9.20. The van der Waals surface area contributed by atoms with E-state index in [9.17, 15) is 0 Å².